The number of rotatable bonds is 6. The van der Waals surface area contributed by atoms with Crippen molar-refractivity contribution >= 4 is 21.8 Å². The van der Waals surface area contributed by atoms with Crippen LogP contribution in [-0.4, -0.2) is 24.0 Å². The lowest BCUT2D eigenvalue weighted by molar-refractivity contribution is -0.186. The Labute approximate surface area is 133 Å². The molecule has 1 rings (SSSR count). The van der Waals surface area contributed by atoms with Crippen LogP contribution < -0.4 is 5.32 Å². The van der Waals surface area contributed by atoms with E-state index in [-0.39, 0.29) is 24.2 Å². The molecule has 0 aliphatic heterocycles. The van der Waals surface area contributed by atoms with E-state index in [0.29, 0.717) is 19.4 Å². The largest absolute Gasteiger partial charge is 0.391 e. The van der Waals surface area contributed by atoms with Gasteiger partial charge in [0.1, 0.15) is 0 Å². The van der Waals surface area contributed by atoms with Crippen LogP contribution in [0.25, 0.3) is 0 Å². The fourth-order valence-electron chi connectivity index (χ4n) is 2.88. The van der Waals surface area contributed by atoms with E-state index in [0.717, 1.165) is 18.2 Å². The highest BCUT2D eigenvalue weighted by Crippen LogP contribution is 2.40. The third kappa shape index (κ3) is 5.15. The van der Waals surface area contributed by atoms with Crippen molar-refractivity contribution in [3.63, 3.8) is 0 Å². The standard InChI is InChI=1S/C15H25BrF3NO/c1-3-14(4-2,9-16)10-20-13(21)11-6-5-7-12(8-11)15(17,18)19/h11-12H,3-10H2,1-2H3,(H,20,21). The van der Waals surface area contributed by atoms with E-state index in [1.807, 2.05) is 0 Å². The van der Waals surface area contributed by atoms with Crippen LogP contribution in [0.2, 0.25) is 0 Å². The Hall–Kier alpha value is -0.260. The average Bonchev–Trinajstić information content (AvgIpc) is 2.48. The molecule has 0 radical (unpaired) electrons. The molecule has 0 heterocycles. The quantitative estimate of drug-likeness (QED) is 0.675. The Morgan fingerprint density at radius 1 is 1.24 bits per heavy atom. The summed E-state index contributed by atoms with van der Waals surface area (Å²) in [5.74, 6) is -2.02. The van der Waals surface area contributed by atoms with Crippen molar-refractivity contribution in [2.75, 3.05) is 11.9 Å². The second-order valence-electron chi connectivity index (χ2n) is 6.16. The van der Waals surface area contributed by atoms with Gasteiger partial charge in [-0.15, -0.1) is 0 Å². The number of hydrogen-bond donors (Lipinski definition) is 1. The second kappa shape index (κ2) is 7.84. The summed E-state index contributed by atoms with van der Waals surface area (Å²) in [5, 5.41) is 3.66. The van der Waals surface area contributed by atoms with E-state index in [1.54, 1.807) is 0 Å². The summed E-state index contributed by atoms with van der Waals surface area (Å²) >= 11 is 3.48. The molecule has 0 bridgehead atoms. The fraction of sp³-hybridized carbons (Fsp3) is 0.933. The molecule has 2 nitrogen and oxygen atoms in total. The zero-order chi connectivity index (χ0) is 16.1. The number of nitrogens with one attached hydrogen (secondary N) is 1. The van der Waals surface area contributed by atoms with Crippen LogP contribution in [-0.2, 0) is 4.79 Å². The lowest BCUT2D eigenvalue weighted by Crippen LogP contribution is -2.42. The topological polar surface area (TPSA) is 29.1 Å². The summed E-state index contributed by atoms with van der Waals surface area (Å²) in [6.07, 6.45) is -1.19. The number of carbonyl (C=O) groups excluding carboxylic acids is 1. The molecule has 2 unspecified atom stereocenters. The van der Waals surface area contributed by atoms with Gasteiger partial charge in [0.15, 0.2) is 0 Å². The Morgan fingerprint density at radius 3 is 2.33 bits per heavy atom. The second-order valence-corrected chi connectivity index (χ2v) is 6.72. The van der Waals surface area contributed by atoms with Crippen molar-refractivity contribution in [3.05, 3.63) is 0 Å². The molecule has 0 aromatic carbocycles. The molecule has 1 amide bonds. The van der Waals surface area contributed by atoms with Crippen LogP contribution in [0.4, 0.5) is 13.2 Å². The maximum atomic E-state index is 12.8. The SMILES string of the molecule is CCC(CC)(CBr)CNC(=O)C1CCCC(C(F)(F)F)C1. The minimum Gasteiger partial charge on any atom is -0.355 e. The molecule has 1 N–H and O–H groups in total. The van der Waals surface area contributed by atoms with Gasteiger partial charge in [0.2, 0.25) is 5.91 Å². The Balaban J connectivity index is 2.55. The van der Waals surface area contributed by atoms with Gasteiger partial charge in [0.05, 0.1) is 5.92 Å². The lowest BCUT2D eigenvalue weighted by Gasteiger charge is -2.33. The monoisotopic (exact) mass is 371 g/mol. The van der Waals surface area contributed by atoms with Gasteiger partial charge in [-0.2, -0.15) is 13.2 Å². The van der Waals surface area contributed by atoms with Crippen LogP contribution in [0.3, 0.4) is 0 Å². The normalized spacial score (nSPS) is 23.9. The Bertz CT molecular complexity index is 334. The molecule has 1 aliphatic carbocycles. The van der Waals surface area contributed by atoms with Crippen molar-refractivity contribution in [1.29, 1.82) is 0 Å². The first kappa shape index (κ1) is 18.8. The average molecular weight is 372 g/mol. The molecule has 1 saturated carbocycles. The molecule has 0 aromatic rings. The molecular formula is C15H25BrF3NO. The minimum atomic E-state index is -4.18. The molecule has 124 valence electrons. The molecule has 1 fully saturated rings. The molecule has 0 aromatic heterocycles. The third-order valence-corrected chi connectivity index (χ3v) is 6.12. The van der Waals surface area contributed by atoms with Gasteiger partial charge in [-0.25, -0.2) is 0 Å². The van der Waals surface area contributed by atoms with Crippen molar-refractivity contribution in [1.82, 2.24) is 5.32 Å². The van der Waals surface area contributed by atoms with E-state index >= 15 is 0 Å². The van der Waals surface area contributed by atoms with Crippen LogP contribution >= 0.6 is 15.9 Å². The lowest BCUT2D eigenvalue weighted by atomic mass is 9.80. The first-order valence-electron chi connectivity index (χ1n) is 7.68. The highest BCUT2D eigenvalue weighted by atomic mass is 79.9. The molecule has 0 spiro atoms. The zero-order valence-corrected chi connectivity index (χ0v) is 14.3. The number of hydrogen-bond acceptors (Lipinski definition) is 1. The van der Waals surface area contributed by atoms with Gasteiger partial charge in [-0.1, -0.05) is 36.2 Å². The highest BCUT2D eigenvalue weighted by Gasteiger charge is 2.43. The first-order valence-corrected chi connectivity index (χ1v) is 8.80. The highest BCUT2D eigenvalue weighted by molar-refractivity contribution is 9.09. The van der Waals surface area contributed by atoms with Crippen LogP contribution in [0, 0.1) is 17.3 Å². The summed E-state index contributed by atoms with van der Waals surface area (Å²) in [6, 6.07) is 0. The van der Waals surface area contributed by atoms with Crippen molar-refractivity contribution in [2.24, 2.45) is 17.3 Å². The Kier molecular flexibility index (Phi) is 7.01. The predicted molar refractivity (Wildman–Crippen MR) is 81.3 cm³/mol. The summed E-state index contributed by atoms with van der Waals surface area (Å²) in [6.45, 7) is 4.66. The van der Waals surface area contributed by atoms with Gasteiger partial charge < -0.3 is 5.32 Å². The van der Waals surface area contributed by atoms with Gasteiger partial charge in [0, 0.05) is 17.8 Å². The van der Waals surface area contributed by atoms with Gasteiger partial charge >= 0.3 is 6.18 Å². The molecule has 6 heteroatoms. The maximum Gasteiger partial charge on any atom is 0.391 e. The van der Waals surface area contributed by atoms with E-state index in [4.69, 9.17) is 0 Å². The molecule has 1 aliphatic rings. The fourth-order valence-corrected chi connectivity index (χ4v) is 3.87. The van der Waals surface area contributed by atoms with Crippen LogP contribution in [0.15, 0.2) is 0 Å². The van der Waals surface area contributed by atoms with Crippen LogP contribution in [0.5, 0.6) is 0 Å². The van der Waals surface area contributed by atoms with Gasteiger partial charge in [-0.3, -0.25) is 4.79 Å². The predicted octanol–water partition coefficient (Wildman–Crippen LogP) is 4.67. The van der Waals surface area contributed by atoms with E-state index in [9.17, 15) is 18.0 Å². The van der Waals surface area contributed by atoms with Gasteiger partial charge in [0.25, 0.3) is 0 Å². The molecule has 2 atom stereocenters. The zero-order valence-electron chi connectivity index (χ0n) is 12.7. The number of amides is 1. The number of halogens is 4. The summed E-state index contributed by atoms with van der Waals surface area (Å²) in [5.41, 5.74) is -0.00620. The number of carbonyl (C=O) groups is 1. The molecule has 21 heavy (non-hydrogen) atoms. The minimum absolute atomic E-state index is 0.00620. The first-order chi connectivity index (χ1) is 9.78. The molecular weight excluding hydrogens is 347 g/mol. The van der Waals surface area contributed by atoms with Crippen molar-refractivity contribution in [3.8, 4) is 0 Å². The maximum absolute atomic E-state index is 12.8. The molecule has 0 saturated heterocycles. The Morgan fingerprint density at radius 2 is 1.86 bits per heavy atom. The van der Waals surface area contributed by atoms with E-state index in [2.05, 4.69) is 35.1 Å². The summed E-state index contributed by atoms with van der Waals surface area (Å²) < 4.78 is 38.3. The van der Waals surface area contributed by atoms with Crippen LogP contribution in [0.1, 0.15) is 52.4 Å². The van der Waals surface area contributed by atoms with Gasteiger partial charge in [-0.05, 0) is 37.5 Å². The van der Waals surface area contributed by atoms with E-state index in [1.165, 1.54) is 0 Å². The van der Waals surface area contributed by atoms with Crippen molar-refractivity contribution < 1.29 is 18.0 Å². The van der Waals surface area contributed by atoms with E-state index < -0.39 is 18.0 Å². The third-order valence-electron chi connectivity index (χ3n) is 4.93. The number of alkyl halides is 4. The summed E-state index contributed by atoms with van der Waals surface area (Å²) in [7, 11) is 0. The summed E-state index contributed by atoms with van der Waals surface area (Å²) in [4.78, 5) is 12.2. The van der Waals surface area contributed by atoms with Crippen molar-refractivity contribution in [2.45, 2.75) is 58.5 Å². The smallest absolute Gasteiger partial charge is 0.355 e.